The minimum absolute atomic E-state index is 0. The smallest absolute Gasteiger partial charge is 0.550 e. The minimum Gasteiger partial charge on any atom is -0.550 e. The molecule has 0 aromatic carbocycles. The summed E-state index contributed by atoms with van der Waals surface area (Å²) < 4.78 is 0. The monoisotopic (exact) mass is 1490 g/mol. The van der Waals surface area contributed by atoms with Crippen LogP contribution in [0, 0.1) is 0 Å². The quantitative estimate of drug-likeness (QED) is 0.0325. The summed E-state index contributed by atoms with van der Waals surface area (Å²) in [7, 11) is 0. The molecule has 0 aromatic rings. The number of aliphatic carboxylic acids is 8. The van der Waals surface area contributed by atoms with Crippen LogP contribution in [0.4, 0.5) is 0 Å². The molecule has 0 aliphatic rings. The van der Waals surface area contributed by atoms with Gasteiger partial charge in [0.2, 0.25) is 0 Å². The first-order chi connectivity index (χ1) is 46.2. The van der Waals surface area contributed by atoms with Crippen molar-refractivity contribution in [2.75, 3.05) is 0 Å². The maximum absolute atomic E-state index is 10.1. The van der Waals surface area contributed by atoms with Crippen molar-refractivity contribution >= 4 is 56.2 Å². The topological polar surface area (TPSA) is 310 Å². The Kier molecular flexibility index (Phi) is 132. The Hall–Kier alpha value is -3.43. The van der Waals surface area contributed by atoms with E-state index in [2.05, 4.69) is 55.4 Å². The van der Waals surface area contributed by atoms with E-state index in [1.807, 2.05) is 0 Å². The van der Waals surface area contributed by atoms with Gasteiger partial charge in [-0.3, -0.25) is 19.2 Å². The van der Waals surface area contributed by atoms with Crippen LogP contribution >= 0.6 is 0 Å². The van der Waals surface area contributed by atoms with Crippen molar-refractivity contribution in [3.63, 3.8) is 0 Å². The largest absolute Gasteiger partial charge is 3.00 e. The molecule has 0 saturated heterocycles. The Labute approximate surface area is 620 Å². The van der Waals surface area contributed by atoms with Gasteiger partial charge in [0.25, 0.3) is 0 Å². The molecule has 586 valence electrons. The van der Waals surface area contributed by atoms with Crippen molar-refractivity contribution in [2.24, 2.45) is 0 Å². The number of carboxylic acids is 8. The molecule has 0 unspecified atom stereocenters. The maximum Gasteiger partial charge on any atom is 3.00 e. The van der Waals surface area contributed by atoms with E-state index in [1.165, 1.54) is 257 Å². The van der Waals surface area contributed by atoms with Crippen LogP contribution in [0.15, 0.2) is 0 Å². The normalized spacial score (nSPS) is 9.88. The molecule has 0 bridgehead atoms. The van der Waals surface area contributed by atoms with Crippen LogP contribution in [0.5, 0.6) is 0 Å². The molecular weight excluding hydrogens is 1340 g/mol. The van der Waals surface area contributed by atoms with Crippen LogP contribution in [0.1, 0.15) is 466 Å². The second-order valence-corrected chi connectivity index (χ2v) is 26.0. The molecule has 16 nitrogen and oxygen atoms in total. The molecule has 0 saturated carbocycles. The number of rotatable bonds is 64. The molecule has 0 atom stereocenters. The maximum atomic E-state index is 10.1. The van der Waals surface area contributed by atoms with Crippen molar-refractivity contribution < 1.29 is 102 Å². The van der Waals surface area contributed by atoms with Gasteiger partial charge in [-0.15, -0.1) is 0 Å². The van der Waals surface area contributed by atoms with Gasteiger partial charge in [0.15, 0.2) is 0 Å². The van der Waals surface area contributed by atoms with Crippen molar-refractivity contribution in [2.45, 2.75) is 466 Å². The molecule has 0 radical (unpaired) electrons. The summed E-state index contributed by atoms with van der Waals surface area (Å²) in [5, 5.41) is 73.5. The molecule has 0 spiro atoms. The Morgan fingerprint density at radius 3 is 0.337 bits per heavy atom. The number of carbonyl (C=O) groups excluding carboxylic acids is 4. The summed E-state index contributed by atoms with van der Waals surface area (Å²) in [6.45, 7) is 17.6. The second-order valence-electron chi connectivity index (χ2n) is 26.0. The van der Waals surface area contributed by atoms with Crippen molar-refractivity contribution in [1.29, 1.82) is 0 Å². The standard InChI is InChI=1S/8C10H20O2.Ag.B/c8*1-2-3-4-5-6-7-8-9-10(11)12;;/h8*2-9H2,1H3,(H,11,12);;/q;;;;;;;;+1;+3/p-4. The van der Waals surface area contributed by atoms with Gasteiger partial charge in [-0.2, -0.15) is 0 Å². The van der Waals surface area contributed by atoms with Crippen LogP contribution in [-0.2, 0) is 60.7 Å². The first kappa shape index (κ1) is 116. The van der Waals surface area contributed by atoms with Crippen molar-refractivity contribution in [3.05, 3.63) is 0 Å². The molecule has 0 fully saturated rings. The molecule has 98 heavy (non-hydrogen) atoms. The van der Waals surface area contributed by atoms with Gasteiger partial charge in [-0.1, -0.05) is 364 Å². The molecule has 0 rings (SSSR count). The number of unbranched alkanes of at least 4 members (excludes halogenated alkanes) is 48. The van der Waals surface area contributed by atoms with E-state index in [0.717, 1.165) is 103 Å². The van der Waals surface area contributed by atoms with E-state index < -0.39 is 47.8 Å². The van der Waals surface area contributed by atoms with Crippen LogP contribution in [0.25, 0.3) is 0 Å². The number of hydrogen-bond donors (Lipinski definition) is 4. The van der Waals surface area contributed by atoms with Gasteiger partial charge in [0.1, 0.15) is 0 Å². The fraction of sp³-hybridized carbons (Fsp3) is 0.900. The summed E-state index contributed by atoms with van der Waals surface area (Å²) in [4.78, 5) is 80.6. The van der Waals surface area contributed by atoms with Crippen LogP contribution < -0.4 is 20.4 Å². The van der Waals surface area contributed by atoms with E-state index in [1.54, 1.807) is 0 Å². The average Bonchev–Trinajstić information content (AvgIpc) is 3.56. The third kappa shape index (κ3) is 165. The summed E-state index contributed by atoms with van der Waals surface area (Å²) in [6, 6.07) is 0. The Bertz CT molecular complexity index is 1240. The van der Waals surface area contributed by atoms with Crippen LogP contribution in [0.2, 0.25) is 0 Å². The molecule has 0 amide bonds. The van der Waals surface area contributed by atoms with Gasteiger partial charge >= 0.3 is 54.7 Å². The Morgan fingerprint density at radius 1 is 0.173 bits per heavy atom. The van der Waals surface area contributed by atoms with Gasteiger partial charge in [-0.05, 0) is 77.0 Å². The molecule has 18 heteroatoms. The average molecular weight is 1490 g/mol. The third-order valence-electron chi connectivity index (χ3n) is 15.9. The fourth-order valence-corrected chi connectivity index (χ4v) is 9.84. The number of carbonyl (C=O) groups is 8. The fourth-order valence-electron chi connectivity index (χ4n) is 9.84. The summed E-state index contributed by atoms with van der Waals surface area (Å²) in [5.41, 5.74) is 0. The van der Waals surface area contributed by atoms with Gasteiger partial charge in [0.05, 0.1) is 0 Å². The molecule has 0 aliphatic carbocycles. The first-order valence-electron chi connectivity index (χ1n) is 39.8. The summed E-state index contributed by atoms with van der Waals surface area (Å²) in [6.07, 6.45) is 67.9. The summed E-state index contributed by atoms with van der Waals surface area (Å²) in [5.74, 6) is -6.31. The number of carboxylic acid groups (broad SMARTS) is 8. The second kappa shape index (κ2) is 112. The van der Waals surface area contributed by atoms with Crippen molar-refractivity contribution in [1.82, 2.24) is 0 Å². The zero-order valence-electron chi connectivity index (χ0n) is 64.8. The van der Waals surface area contributed by atoms with Crippen LogP contribution in [0.3, 0.4) is 0 Å². The van der Waals surface area contributed by atoms with Crippen LogP contribution in [-0.4, -0.2) is 76.6 Å². The van der Waals surface area contributed by atoms with Gasteiger partial charge in [-0.25, -0.2) is 0 Å². The van der Waals surface area contributed by atoms with E-state index in [-0.39, 0.29) is 56.5 Å². The zero-order chi connectivity index (χ0) is 73.9. The Balaban J connectivity index is -0.000000113. The summed E-state index contributed by atoms with van der Waals surface area (Å²) >= 11 is 0. The number of hydrogen-bond acceptors (Lipinski definition) is 12. The minimum atomic E-state index is -0.913. The van der Waals surface area contributed by atoms with E-state index in [0.29, 0.717) is 25.7 Å². The van der Waals surface area contributed by atoms with E-state index in [9.17, 15) is 58.8 Å². The predicted molar refractivity (Wildman–Crippen MR) is 397 cm³/mol. The van der Waals surface area contributed by atoms with Gasteiger partial charge in [0, 0.05) is 49.6 Å². The third-order valence-corrected chi connectivity index (χ3v) is 15.9. The SMILES string of the molecule is CCCCCCCCCC(=O)O.CCCCCCCCCC(=O)O.CCCCCCCCCC(=O)O.CCCCCCCCCC(=O)O.CCCCCCCCCC(=O)[O-].CCCCCCCCCC(=O)[O-].CCCCCCCCCC(=O)[O-].CCCCCCCCCC(=O)[O-].[Ag+].[B+3]. The predicted octanol–water partition coefficient (Wildman–Crippen LogP) is 20.0. The molecule has 0 heterocycles. The van der Waals surface area contributed by atoms with Gasteiger partial charge < -0.3 is 60.0 Å². The first-order valence-corrected chi connectivity index (χ1v) is 39.8. The van der Waals surface area contributed by atoms with E-state index in [4.69, 9.17) is 20.4 Å². The molecule has 0 aliphatic heterocycles. The molecule has 4 N–H and O–H groups in total. The van der Waals surface area contributed by atoms with E-state index >= 15 is 0 Å². The molecule has 0 aromatic heterocycles. The molecular formula is C80H156AgBO16. The zero-order valence-corrected chi connectivity index (χ0v) is 66.3. The Morgan fingerprint density at radius 2 is 0.255 bits per heavy atom. The van der Waals surface area contributed by atoms with Crippen molar-refractivity contribution in [3.8, 4) is 0 Å².